The minimum absolute atomic E-state index is 0. The smallest absolute Gasteiger partial charge is 0.191 e. The Morgan fingerprint density at radius 1 is 1.24 bits per heavy atom. The number of benzene rings is 1. The van der Waals surface area contributed by atoms with Crippen LogP contribution in [-0.2, 0) is 11.2 Å². The molecule has 3 unspecified atom stereocenters. The second-order valence-electron chi connectivity index (χ2n) is 7.88. The van der Waals surface area contributed by atoms with Crippen LogP contribution in [0.5, 0.6) is 0 Å². The first kappa shape index (κ1) is 20.5. The molecule has 1 aromatic carbocycles. The van der Waals surface area contributed by atoms with Crippen molar-refractivity contribution in [2.75, 3.05) is 13.1 Å². The summed E-state index contributed by atoms with van der Waals surface area (Å²) in [6.07, 6.45) is 5.39. The standard InChI is InChI=1S/C20H31N3O.HI/c1-4-21-19(23-17-12-16-10-11-18(17)24-16)22-14-20(2,3)13-15-8-6-5-7-9-15;/h5-9,16-18H,4,10-14H2,1-3H3,(H2,21,22,23);1H. The van der Waals surface area contributed by atoms with E-state index in [1.54, 1.807) is 0 Å². The first-order chi connectivity index (χ1) is 11.6. The summed E-state index contributed by atoms with van der Waals surface area (Å²) in [5.41, 5.74) is 1.51. The Hall–Kier alpha value is -0.820. The predicted octanol–water partition coefficient (Wildman–Crippen LogP) is 3.75. The molecule has 1 aromatic rings. The van der Waals surface area contributed by atoms with E-state index in [-0.39, 0.29) is 29.4 Å². The van der Waals surface area contributed by atoms with E-state index in [4.69, 9.17) is 9.73 Å². The molecule has 2 aliphatic rings. The molecule has 2 aliphatic heterocycles. The molecule has 2 N–H and O–H groups in total. The second kappa shape index (κ2) is 9.21. The minimum Gasteiger partial charge on any atom is -0.373 e. The average molecular weight is 457 g/mol. The highest BCUT2D eigenvalue weighted by Crippen LogP contribution is 2.34. The summed E-state index contributed by atoms with van der Waals surface area (Å²) < 4.78 is 5.94. The molecule has 140 valence electrons. The van der Waals surface area contributed by atoms with Gasteiger partial charge < -0.3 is 15.4 Å². The van der Waals surface area contributed by atoms with Crippen LogP contribution in [0.1, 0.15) is 45.6 Å². The van der Waals surface area contributed by atoms with Gasteiger partial charge in [-0.3, -0.25) is 4.99 Å². The van der Waals surface area contributed by atoms with E-state index in [2.05, 4.69) is 61.7 Å². The maximum atomic E-state index is 5.94. The molecule has 2 heterocycles. The van der Waals surface area contributed by atoms with Crippen LogP contribution in [0, 0.1) is 5.41 Å². The van der Waals surface area contributed by atoms with Crippen LogP contribution in [0.15, 0.2) is 35.3 Å². The lowest BCUT2D eigenvalue weighted by atomic mass is 9.86. The Labute approximate surface area is 169 Å². The second-order valence-corrected chi connectivity index (χ2v) is 7.88. The van der Waals surface area contributed by atoms with Gasteiger partial charge in [0.25, 0.3) is 0 Å². The predicted molar refractivity (Wildman–Crippen MR) is 115 cm³/mol. The largest absolute Gasteiger partial charge is 0.373 e. The number of hydrogen-bond donors (Lipinski definition) is 2. The van der Waals surface area contributed by atoms with Crippen LogP contribution in [0.4, 0.5) is 0 Å². The van der Waals surface area contributed by atoms with Crippen molar-refractivity contribution >= 4 is 29.9 Å². The molecule has 0 spiro atoms. The van der Waals surface area contributed by atoms with Gasteiger partial charge in [0, 0.05) is 13.1 Å². The Kier molecular flexibility index (Phi) is 7.55. The molecule has 0 saturated carbocycles. The van der Waals surface area contributed by atoms with Gasteiger partial charge in [-0.2, -0.15) is 0 Å². The van der Waals surface area contributed by atoms with Gasteiger partial charge in [0.05, 0.1) is 18.2 Å². The maximum absolute atomic E-state index is 5.94. The van der Waals surface area contributed by atoms with Crippen molar-refractivity contribution in [2.24, 2.45) is 10.4 Å². The summed E-state index contributed by atoms with van der Waals surface area (Å²) in [5.74, 6) is 0.930. The van der Waals surface area contributed by atoms with Crippen molar-refractivity contribution in [2.45, 2.75) is 64.7 Å². The van der Waals surface area contributed by atoms with Crippen molar-refractivity contribution < 1.29 is 4.74 Å². The molecule has 4 nitrogen and oxygen atoms in total. The summed E-state index contributed by atoms with van der Waals surface area (Å²) in [6.45, 7) is 8.37. The Morgan fingerprint density at radius 3 is 2.60 bits per heavy atom. The minimum atomic E-state index is 0. The third-order valence-corrected chi connectivity index (χ3v) is 4.96. The van der Waals surface area contributed by atoms with Crippen LogP contribution < -0.4 is 10.6 Å². The SMILES string of the molecule is CCNC(=NCC(C)(C)Cc1ccccc1)NC1CC2CCC1O2.I. The van der Waals surface area contributed by atoms with Gasteiger partial charge in [0.1, 0.15) is 0 Å². The average Bonchev–Trinajstić information content (AvgIpc) is 3.16. The van der Waals surface area contributed by atoms with E-state index >= 15 is 0 Å². The number of hydrogen-bond acceptors (Lipinski definition) is 2. The van der Waals surface area contributed by atoms with Crippen molar-refractivity contribution in [1.82, 2.24) is 10.6 Å². The van der Waals surface area contributed by atoms with Crippen LogP contribution in [0.2, 0.25) is 0 Å². The molecule has 2 saturated heterocycles. The molecule has 3 atom stereocenters. The Bertz CT molecular complexity index is 561. The molecule has 0 aliphatic carbocycles. The molecule has 0 radical (unpaired) electrons. The van der Waals surface area contributed by atoms with Gasteiger partial charge in [-0.05, 0) is 43.6 Å². The summed E-state index contributed by atoms with van der Waals surface area (Å²) in [4.78, 5) is 4.87. The van der Waals surface area contributed by atoms with E-state index in [0.717, 1.165) is 31.9 Å². The van der Waals surface area contributed by atoms with Gasteiger partial charge in [0.2, 0.25) is 0 Å². The third kappa shape index (κ3) is 5.84. The summed E-state index contributed by atoms with van der Waals surface area (Å²) in [6, 6.07) is 11.1. The molecular formula is C20H32IN3O. The fraction of sp³-hybridized carbons (Fsp3) is 0.650. The lowest BCUT2D eigenvalue weighted by Crippen LogP contribution is -2.47. The van der Waals surface area contributed by atoms with Gasteiger partial charge in [0.15, 0.2) is 5.96 Å². The van der Waals surface area contributed by atoms with E-state index < -0.39 is 0 Å². The third-order valence-electron chi connectivity index (χ3n) is 4.96. The number of aliphatic imine (C=N–C) groups is 1. The van der Waals surface area contributed by atoms with E-state index in [1.165, 1.54) is 18.4 Å². The zero-order valence-electron chi connectivity index (χ0n) is 15.6. The number of rotatable bonds is 6. The Balaban J connectivity index is 0.00000225. The van der Waals surface area contributed by atoms with E-state index in [0.29, 0.717) is 18.2 Å². The maximum Gasteiger partial charge on any atom is 0.191 e. The van der Waals surface area contributed by atoms with Gasteiger partial charge in [-0.1, -0.05) is 44.2 Å². The van der Waals surface area contributed by atoms with Crippen molar-refractivity contribution in [3.05, 3.63) is 35.9 Å². The highest BCUT2D eigenvalue weighted by molar-refractivity contribution is 14.0. The lowest BCUT2D eigenvalue weighted by molar-refractivity contribution is 0.0992. The zero-order chi connectivity index (χ0) is 17.0. The monoisotopic (exact) mass is 457 g/mol. The molecular weight excluding hydrogens is 425 g/mol. The molecule has 0 aromatic heterocycles. The number of fused-ring (bicyclic) bond motifs is 2. The zero-order valence-corrected chi connectivity index (χ0v) is 18.0. The first-order valence-corrected chi connectivity index (χ1v) is 9.30. The molecule has 25 heavy (non-hydrogen) atoms. The number of halogens is 1. The van der Waals surface area contributed by atoms with Crippen molar-refractivity contribution in [3.63, 3.8) is 0 Å². The quantitative estimate of drug-likeness (QED) is 0.389. The highest BCUT2D eigenvalue weighted by atomic mass is 127. The molecule has 2 bridgehead atoms. The highest BCUT2D eigenvalue weighted by Gasteiger charge is 2.41. The van der Waals surface area contributed by atoms with Gasteiger partial charge >= 0.3 is 0 Å². The topological polar surface area (TPSA) is 45.7 Å². The normalized spacial score (nSPS) is 25.6. The number of guanidine groups is 1. The first-order valence-electron chi connectivity index (χ1n) is 9.30. The molecule has 3 rings (SSSR count). The summed E-state index contributed by atoms with van der Waals surface area (Å²) in [5, 5.41) is 6.99. The van der Waals surface area contributed by atoms with Crippen LogP contribution in [-0.4, -0.2) is 37.3 Å². The van der Waals surface area contributed by atoms with Crippen molar-refractivity contribution in [3.8, 4) is 0 Å². The number of nitrogens with zero attached hydrogens (tertiary/aromatic N) is 1. The van der Waals surface area contributed by atoms with Crippen LogP contribution >= 0.6 is 24.0 Å². The van der Waals surface area contributed by atoms with Gasteiger partial charge in [-0.15, -0.1) is 24.0 Å². The number of ether oxygens (including phenoxy) is 1. The lowest BCUT2D eigenvalue weighted by Gasteiger charge is -2.25. The van der Waals surface area contributed by atoms with Crippen molar-refractivity contribution in [1.29, 1.82) is 0 Å². The molecule has 0 amide bonds. The summed E-state index contributed by atoms with van der Waals surface area (Å²) >= 11 is 0. The van der Waals surface area contributed by atoms with E-state index in [1.807, 2.05) is 0 Å². The van der Waals surface area contributed by atoms with Crippen LogP contribution in [0.25, 0.3) is 0 Å². The van der Waals surface area contributed by atoms with E-state index in [9.17, 15) is 0 Å². The fourth-order valence-electron chi connectivity index (χ4n) is 3.78. The molecule has 2 fully saturated rings. The van der Waals surface area contributed by atoms with Gasteiger partial charge in [-0.25, -0.2) is 0 Å². The molecule has 5 heteroatoms. The Morgan fingerprint density at radius 2 is 2.00 bits per heavy atom. The number of nitrogens with one attached hydrogen (secondary N) is 2. The van der Waals surface area contributed by atoms with Crippen LogP contribution in [0.3, 0.4) is 0 Å². The fourth-order valence-corrected chi connectivity index (χ4v) is 3.78. The summed E-state index contributed by atoms with van der Waals surface area (Å²) in [7, 11) is 0.